The number of nitrogens with zero attached hydrogens (tertiary/aromatic N) is 2. The van der Waals surface area contributed by atoms with Crippen molar-refractivity contribution in [1.29, 1.82) is 0 Å². The Balaban J connectivity index is 2.27. The van der Waals surface area contributed by atoms with Crippen LogP contribution in [0.3, 0.4) is 0 Å². The number of pyridine rings is 1. The van der Waals surface area contributed by atoms with Crippen molar-refractivity contribution in [2.75, 3.05) is 18.0 Å². The van der Waals surface area contributed by atoms with Crippen molar-refractivity contribution in [2.45, 2.75) is 11.7 Å². The van der Waals surface area contributed by atoms with E-state index in [0.717, 1.165) is 6.20 Å². The molecule has 0 aliphatic carbocycles. The molecule has 8 heteroatoms. The quantitative estimate of drug-likeness (QED) is 0.866. The molecule has 2 rings (SSSR count). The third kappa shape index (κ3) is 2.51. The predicted molar refractivity (Wildman–Crippen MR) is 62.9 cm³/mol. The van der Waals surface area contributed by atoms with Gasteiger partial charge in [-0.2, -0.15) is 0 Å². The molecule has 0 spiro atoms. The Kier molecular flexibility index (Phi) is 3.24. The van der Waals surface area contributed by atoms with E-state index in [0.29, 0.717) is 13.0 Å². The standard InChI is InChI=1S/C9H11ClFN3O2S/c10-7-3-13-4-8(11)9(7)14-2-1-6(5-14)17(12,15)16/h3-4,6H,1-2,5H2,(H2,12,15,16). The molecule has 5 nitrogen and oxygen atoms in total. The van der Waals surface area contributed by atoms with Crippen LogP contribution in [-0.2, 0) is 10.0 Å². The number of sulfonamides is 1. The lowest BCUT2D eigenvalue weighted by molar-refractivity contribution is 0.584. The molecule has 1 saturated heterocycles. The van der Waals surface area contributed by atoms with Gasteiger partial charge in [-0.05, 0) is 6.42 Å². The third-order valence-corrected chi connectivity index (χ3v) is 4.34. The van der Waals surface area contributed by atoms with Crippen molar-refractivity contribution in [2.24, 2.45) is 5.14 Å². The maximum atomic E-state index is 13.6. The summed E-state index contributed by atoms with van der Waals surface area (Å²) in [5.74, 6) is -0.562. The fourth-order valence-electron chi connectivity index (χ4n) is 1.91. The van der Waals surface area contributed by atoms with Gasteiger partial charge in [0, 0.05) is 19.3 Å². The summed E-state index contributed by atoms with van der Waals surface area (Å²) in [7, 11) is -3.59. The van der Waals surface area contributed by atoms with Crippen LogP contribution in [0.1, 0.15) is 6.42 Å². The zero-order chi connectivity index (χ0) is 12.6. The van der Waals surface area contributed by atoms with Gasteiger partial charge in [0.05, 0.1) is 22.2 Å². The lowest BCUT2D eigenvalue weighted by Crippen LogP contribution is -2.32. The van der Waals surface area contributed by atoms with Crippen LogP contribution in [-0.4, -0.2) is 31.7 Å². The summed E-state index contributed by atoms with van der Waals surface area (Å²) in [4.78, 5) is 5.18. The molecule has 1 aliphatic heterocycles. The number of hydrogen-bond donors (Lipinski definition) is 1. The zero-order valence-corrected chi connectivity index (χ0v) is 10.4. The molecule has 1 unspecified atom stereocenters. The third-order valence-electron chi connectivity index (χ3n) is 2.75. The van der Waals surface area contributed by atoms with Crippen molar-refractivity contribution in [3.8, 4) is 0 Å². The van der Waals surface area contributed by atoms with Crippen LogP contribution in [0, 0.1) is 5.82 Å². The fraction of sp³-hybridized carbons (Fsp3) is 0.444. The number of primary sulfonamides is 1. The maximum Gasteiger partial charge on any atom is 0.213 e. The van der Waals surface area contributed by atoms with Crippen LogP contribution in [0.25, 0.3) is 0 Å². The van der Waals surface area contributed by atoms with E-state index in [2.05, 4.69) is 4.98 Å². The van der Waals surface area contributed by atoms with Gasteiger partial charge in [-0.1, -0.05) is 11.6 Å². The van der Waals surface area contributed by atoms with Crippen molar-refractivity contribution in [3.63, 3.8) is 0 Å². The van der Waals surface area contributed by atoms with E-state index in [9.17, 15) is 12.8 Å². The van der Waals surface area contributed by atoms with E-state index in [4.69, 9.17) is 16.7 Å². The summed E-state index contributed by atoms with van der Waals surface area (Å²) < 4.78 is 35.9. The van der Waals surface area contributed by atoms with Gasteiger partial charge in [0.15, 0.2) is 5.82 Å². The molecule has 2 N–H and O–H groups in total. The Hall–Kier alpha value is -0.920. The van der Waals surface area contributed by atoms with E-state index < -0.39 is 21.1 Å². The minimum atomic E-state index is -3.59. The predicted octanol–water partition coefficient (Wildman–Crippen LogP) is 0.741. The van der Waals surface area contributed by atoms with Crippen LogP contribution in [0.5, 0.6) is 0 Å². The Morgan fingerprint density at radius 3 is 2.76 bits per heavy atom. The second-order valence-electron chi connectivity index (χ2n) is 3.90. The first kappa shape index (κ1) is 12.5. The molecular weight excluding hydrogens is 269 g/mol. The van der Waals surface area contributed by atoms with Crippen LogP contribution >= 0.6 is 11.6 Å². The summed E-state index contributed by atoms with van der Waals surface area (Å²) in [6, 6.07) is 0. The Morgan fingerprint density at radius 1 is 1.53 bits per heavy atom. The summed E-state index contributed by atoms with van der Waals surface area (Å²) in [6.45, 7) is 0.557. The number of anilines is 1. The molecule has 1 atom stereocenters. The van der Waals surface area contributed by atoms with Crippen LogP contribution in [0.4, 0.5) is 10.1 Å². The second kappa shape index (κ2) is 4.40. The molecule has 1 aromatic rings. The number of rotatable bonds is 2. The van der Waals surface area contributed by atoms with Crippen molar-refractivity contribution in [1.82, 2.24) is 4.98 Å². The maximum absolute atomic E-state index is 13.6. The van der Waals surface area contributed by atoms with Crippen LogP contribution in [0.2, 0.25) is 5.02 Å². The van der Waals surface area contributed by atoms with Gasteiger partial charge in [-0.15, -0.1) is 0 Å². The van der Waals surface area contributed by atoms with Gasteiger partial charge >= 0.3 is 0 Å². The van der Waals surface area contributed by atoms with E-state index in [1.165, 1.54) is 6.20 Å². The second-order valence-corrected chi connectivity index (χ2v) is 6.15. The lowest BCUT2D eigenvalue weighted by atomic mass is 10.3. The van der Waals surface area contributed by atoms with E-state index in [1.54, 1.807) is 4.90 Å². The molecule has 94 valence electrons. The SMILES string of the molecule is NS(=O)(=O)C1CCN(c2c(F)cncc2Cl)C1. The highest BCUT2D eigenvalue weighted by Gasteiger charge is 2.32. The summed E-state index contributed by atoms with van der Waals surface area (Å²) >= 11 is 5.85. The highest BCUT2D eigenvalue weighted by atomic mass is 35.5. The molecule has 0 radical (unpaired) electrons. The van der Waals surface area contributed by atoms with Gasteiger partial charge in [0.2, 0.25) is 10.0 Å². The first-order valence-corrected chi connectivity index (χ1v) is 6.94. The average molecular weight is 280 g/mol. The average Bonchev–Trinajstić information content (AvgIpc) is 2.65. The monoisotopic (exact) mass is 279 g/mol. The van der Waals surface area contributed by atoms with Gasteiger partial charge in [-0.3, -0.25) is 4.98 Å². The molecule has 2 heterocycles. The minimum absolute atomic E-state index is 0.152. The molecular formula is C9H11ClFN3O2S. The van der Waals surface area contributed by atoms with Crippen molar-refractivity contribution in [3.05, 3.63) is 23.2 Å². The van der Waals surface area contributed by atoms with Gasteiger partial charge in [-0.25, -0.2) is 17.9 Å². The summed E-state index contributed by atoms with van der Waals surface area (Å²) in [5, 5.41) is 4.56. The van der Waals surface area contributed by atoms with Crippen molar-refractivity contribution >= 4 is 27.3 Å². The lowest BCUT2D eigenvalue weighted by Gasteiger charge is -2.19. The summed E-state index contributed by atoms with van der Waals surface area (Å²) in [5.41, 5.74) is 0.188. The first-order chi connectivity index (χ1) is 7.89. The number of hydrogen-bond acceptors (Lipinski definition) is 4. The molecule has 1 fully saturated rings. The molecule has 0 amide bonds. The van der Waals surface area contributed by atoms with E-state index in [-0.39, 0.29) is 17.3 Å². The zero-order valence-electron chi connectivity index (χ0n) is 8.81. The molecule has 0 bridgehead atoms. The molecule has 1 aliphatic rings. The topological polar surface area (TPSA) is 76.3 Å². The smallest absolute Gasteiger partial charge is 0.213 e. The van der Waals surface area contributed by atoms with E-state index >= 15 is 0 Å². The Bertz CT molecular complexity index is 517. The first-order valence-electron chi connectivity index (χ1n) is 4.95. The largest absolute Gasteiger partial charge is 0.366 e. The van der Waals surface area contributed by atoms with Gasteiger partial charge < -0.3 is 4.90 Å². The van der Waals surface area contributed by atoms with Crippen molar-refractivity contribution < 1.29 is 12.8 Å². The Morgan fingerprint density at radius 2 is 2.24 bits per heavy atom. The summed E-state index contributed by atoms with van der Waals surface area (Å²) in [6.07, 6.45) is 2.74. The Labute approximate surface area is 103 Å². The molecule has 0 aromatic carbocycles. The number of halogens is 2. The minimum Gasteiger partial charge on any atom is -0.366 e. The fourth-order valence-corrected chi connectivity index (χ4v) is 2.99. The molecule has 17 heavy (non-hydrogen) atoms. The van der Waals surface area contributed by atoms with Crippen LogP contribution < -0.4 is 10.0 Å². The van der Waals surface area contributed by atoms with Gasteiger partial charge in [0.1, 0.15) is 0 Å². The normalized spacial score (nSPS) is 20.9. The van der Waals surface area contributed by atoms with E-state index in [1.807, 2.05) is 0 Å². The van der Waals surface area contributed by atoms with Crippen LogP contribution in [0.15, 0.2) is 12.4 Å². The highest BCUT2D eigenvalue weighted by Crippen LogP contribution is 2.31. The molecule has 1 aromatic heterocycles. The number of aromatic nitrogens is 1. The van der Waals surface area contributed by atoms with Gasteiger partial charge in [0.25, 0.3) is 0 Å². The molecule has 0 saturated carbocycles. The highest BCUT2D eigenvalue weighted by molar-refractivity contribution is 7.89. The number of nitrogens with two attached hydrogens (primary N) is 1.